The first-order valence-corrected chi connectivity index (χ1v) is 10.6. The van der Waals surface area contributed by atoms with E-state index in [4.69, 9.17) is 10.7 Å². The van der Waals surface area contributed by atoms with Crippen LogP contribution in [0.25, 0.3) is 22.9 Å². The van der Waals surface area contributed by atoms with E-state index in [0.29, 0.717) is 0 Å². The molecule has 1 aromatic heterocycles. The summed E-state index contributed by atoms with van der Waals surface area (Å²) in [5, 5.41) is 0. The van der Waals surface area contributed by atoms with Crippen molar-refractivity contribution in [2.24, 2.45) is 5.73 Å². The van der Waals surface area contributed by atoms with Crippen LogP contribution < -0.4 is 5.73 Å². The van der Waals surface area contributed by atoms with Gasteiger partial charge in [-0.2, -0.15) is 0 Å². The highest BCUT2D eigenvalue weighted by Crippen LogP contribution is 2.31. The second-order valence-corrected chi connectivity index (χ2v) is 7.39. The lowest BCUT2D eigenvalue weighted by molar-refractivity contribution is 0.581. The van der Waals surface area contributed by atoms with Crippen LogP contribution in [0.3, 0.4) is 0 Å². The maximum Gasteiger partial charge on any atom is 0.130 e. The van der Waals surface area contributed by atoms with Gasteiger partial charge in [0.15, 0.2) is 0 Å². The molecule has 2 aromatic rings. The van der Waals surface area contributed by atoms with E-state index in [1.807, 2.05) is 37.3 Å². The molecule has 1 aromatic carbocycles. The number of nitrogens with two attached hydrogens (primary N) is 1. The Morgan fingerprint density at radius 2 is 2.03 bits per heavy atom. The third kappa shape index (κ3) is 5.57. The summed E-state index contributed by atoms with van der Waals surface area (Å²) in [5.41, 5.74) is 15.0. The van der Waals surface area contributed by atoms with Crippen molar-refractivity contribution in [2.75, 3.05) is 0 Å². The first-order chi connectivity index (χ1) is 14.2. The van der Waals surface area contributed by atoms with Crippen molar-refractivity contribution in [1.29, 1.82) is 0 Å². The fourth-order valence-corrected chi connectivity index (χ4v) is 3.51. The Bertz CT molecular complexity index is 948. The third-order valence-electron chi connectivity index (χ3n) is 5.14. The molecule has 0 bridgehead atoms. The third-order valence-corrected chi connectivity index (χ3v) is 5.14. The summed E-state index contributed by atoms with van der Waals surface area (Å²) in [6, 6.07) is 8.72. The van der Waals surface area contributed by atoms with Gasteiger partial charge in [-0.1, -0.05) is 68.7 Å². The normalized spacial score (nSPS) is 17.7. The first-order valence-electron chi connectivity index (χ1n) is 10.6. The van der Waals surface area contributed by atoms with E-state index in [9.17, 15) is 0 Å². The Kier molecular flexibility index (Phi) is 7.63. The number of rotatable bonds is 8. The Morgan fingerprint density at radius 1 is 1.21 bits per heavy atom. The maximum absolute atomic E-state index is 6.39. The number of aromatic amines is 1. The molecule has 0 fully saturated rings. The van der Waals surface area contributed by atoms with Gasteiger partial charge in [0.1, 0.15) is 5.82 Å². The Labute approximate surface area is 174 Å². The molecule has 1 aliphatic carbocycles. The van der Waals surface area contributed by atoms with E-state index < -0.39 is 0 Å². The van der Waals surface area contributed by atoms with Gasteiger partial charge in [-0.15, -0.1) is 5.73 Å². The van der Waals surface area contributed by atoms with Gasteiger partial charge in [0.05, 0.1) is 11.4 Å². The summed E-state index contributed by atoms with van der Waals surface area (Å²) in [4.78, 5) is 8.34. The Balaban J connectivity index is 1.91. The van der Waals surface area contributed by atoms with Crippen molar-refractivity contribution in [3.05, 3.63) is 83.5 Å². The minimum absolute atomic E-state index is 0.103. The van der Waals surface area contributed by atoms with Crippen LogP contribution in [-0.2, 0) is 0 Å². The largest absolute Gasteiger partial charge is 0.338 e. The van der Waals surface area contributed by atoms with E-state index in [1.54, 1.807) is 0 Å². The number of aromatic nitrogens is 2. The smallest absolute Gasteiger partial charge is 0.130 e. The SMILES string of the molecule is C/C=C\c1nc(/C2=C/C=C=C/C=C\C2)c(-c2ccc(C(N)CCCCC)cc2)[nH]1. The number of allylic oxidation sites excluding steroid dienone is 6. The fourth-order valence-electron chi connectivity index (χ4n) is 3.51. The average molecular weight is 386 g/mol. The van der Waals surface area contributed by atoms with Crippen LogP contribution in [0, 0.1) is 0 Å². The number of H-pyrrole nitrogens is 1. The average Bonchev–Trinajstić information content (AvgIpc) is 3.12. The summed E-state index contributed by atoms with van der Waals surface area (Å²) < 4.78 is 0. The van der Waals surface area contributed by atoms with Gasteiger partial charge in [-0.05, 0) is 55.2 Å². The van der Waals surface area contributed by atoms with Crippen LogP contribution in [0.2, 0.25) is 0 Å². The van der Waals surface area contributed by atoms with Crippen molar-refractivity contribution < 1.29 is 0 Å². The summed E-state index contributed by atoms with van der Waals surface area (Å²) in [5.74, 6) is 0.865. The number of imidazole rings is 1. The predicted octanol–water partition coefficient (Wildman–Crippen LogP) is 6.74. The summed E-state index contributed by atoms with van der Waals surface area (Å²) in [6.45, 7) is 4.22. The number of hydrogen-bond acceptors (Lipinski definition) is 2. The van der Waals surface area contributed by atoms with Crippen molar-refractivity contribution in [3.8, 4) is 11.3 Å². The molecule has 1 heterocycles. The van der Waals surface area contributed by atoms with Crippen LogP contribution in [0.15, 0.2) is 66.5 Å². The number of nitrogens with zero attached hydrogens (tertiary/aromatic N) is 1. The maximum atomic E-state index is 6.39. The molecule has 0 radical (unpaired) electrons. The molecule has 0 amide bonds. The van der Waals surface area contributed by atoms with E-state index in [-0.39, 0.29) is 6.04 Å². The predicted molar refractivity (Wildman–Crippen MR) is 124 cm³/mol. The molecular formula is C26H31N3. The van der Waals surface area contributed by atoms with E-state index >= 15 is 0 Å². The van der Waals surface area contributed by atoms with Gasteiger partial charge in [0.25, 0.3) is 0 Å². The monoisotopic (exact) mass is 385 g/mol. The van der Waals surface area contributed by atoms with Crippen molar-refractivity contribution in [3.63, 3.8) is 0 Å². The van der Waals surface area contributed by atoms with E-state index in [2.05, 4.69) is 54.1 Å². The molecule has 3 nitrogen and oxygen atoms in total. The van der Waals surface area contributed by atoms with Crippen molar-refractivity contribution >= 4 is 11.6 Å². The quantitative estimate of drug-likeness (QED) is 0.390. The lowest BCUT2D eigenvalue weighted by Crippen LogP contribution is -2.09. The molecule has 1 unspecified atom stereocenters. The zero-order chi connectivity index (χ0) is 20.5. The van der Waals surface area contributed by atoms with Gasteiger partial charge < -0.3 is 10.7 Å². The Morgan fingerprint density at radius 3 is 2.79 bits per heavy atom. The standard InChI is InChI=1S/C26H31N3/c1-3-5-9-15-23(27)20-16-18-22(19-17-20)26-25(28-24(29-26)12-4-2)21-13-10-7-6-8-11-14-21/h4,6-7,10-12,14,16-19,23H,3,5,9,13,15,27H2,1-2H3,(H,28,29)/b10-7-,12-4-,21-14+. The molecule has 29 heavy (non-hydrogen) atoms. The molecular weight excluding hydrogens is 354 g/mol. The van der Waals surface area contributed by atoms with E-state index in [1.165, 1.54) is 30.4 Å². The number of unbranched alkanes of at least 4 members (excludes halogenated alkanes) is 2. The zero-order valence-electron chi connectivity index (χ0n) is 17.5. The molecule has 1 aliphatic rings. The molecule has 0 saturated carbocycles. The Hall–Kier alpha value is -2.87. The van der Waals surface area contributed by atoms with Gasteiger partial charge in [0.2, 0.25) is 0 Å². The number of hydrogen-bond donors (Lipinski definition) is 2. The van der Waals surface area contributed by atoms with Crippen LogP contribution in [-0.4, -0.2) is 9.97 Å². The highest BCUT2D eigenvalue weighted by atomic mass is 14.9. The van der Waals surface area contributed by atoms with Gasteiger partial charge in [-0.25, -0.2) is 4.98 Å². The number of nitrogens with one attached hydrogen (secondary N) is 1. The molecule has 3 heteroatoms. The number of benzene rings is 1. The van der Waals surface area contributed by atoms with Crippen molar-refractivity contribution in [1.82, 2.24) is 9.97 Å². The molecule has 0 aliphatic heterocycles. The minimum Gasteiger partial charge on any atom is -0.338 e. The molecule has 150 valence electrons. The molecule has 3 rings (SSSR count). The highest BCUT2D eigenvalue weighted by molar-refractivity contribution is 5.79. The lowest BCUT2D eigenvalue weighted by atomic mass is 9.97. The topological polar surface area (TPSA) is 54.7 Å². The molecule has 0 spiro atoms. The lowest BCUT2D eigenvalue weighted by Gasteiger charge is -2.13. The van der Waals surface area contributed by atoms with Gasteiger partial charge in [-0.3, -0.25) is 0 Å². The summed E-state index contributed by atoms with van der Waals surface area (Å²) in [7, 11) is 0. The van der Waals surface area contributed by atoms with Gasteiger partial charge >= 0.3 is 0 Å². The molecule has 0 saturated heterocycles. The second-order valence-electron chi connectivity index (χ2n) is 7.39. The van der Waals surface area contributed by atoms with Gasteiger partial charge in [0, 0.05) is 11.6 Å². The first kappa shape index (κ1) is 20.9. The minimum atomic E-state index is 0.103. The summed E-state index contributed by atoms with van der Waals surface area (Å²) >= 11 is 0. The van der Waals surface area contributed by atoms with Crippen molar-refractivity contribution in [2.45, 2.75) is 52.0 Å². The second kappa shape index (κ2) is 10.6. The van der Waals surface area contributed by atoms with Crippen LogP contribution in [0.1, 0.15) is 69.1 Å². The van der Waals surface area contributed by atoms with Crippen LogP contribution >= 0.6 is 0 Å². The highest BCUT2D eigenvalue weighted by Gasteiger charge is 2.15. The van der Waals surface area contributed by atoms with Crippen LogP contribution in [0.5, 0.6) is 0 Å². The molecule has 1 atom stereocenters. The fraction of sp³-hybridized carbons (Fsp3) is 0.308. The van der Waals surface area contributed by atoms with E-state index in [0.717, 1.165) is 35.6 Å². The summed E-state index contributed by atoms with van der Waals surface area (Å²) in [6.07, 6.45) is 19.6. The van der Waals surface area contributed by atoms with Crippen LogP contribution in [0.4, 0.5) is 0 Å². The molecule has 3 N–H and O–H groups in total. The zero-order valence-corrected chi connectivity index (χ0v) is 17.5.